The number of aryl methyl sites for hydroxylation is 1. The Morgan fingerprint density at radius 1 is 1.17 bits per heavy atom. The molecule has 11 heteroatoms. The van der Waals surface area contributed by atoms with Gasteiger partial charge in [-0.1, -0.05) is 6.07 Å². The van der Waals surface area contributed by atoms with Crippen LogP contribution in [0.1, 0.15) is 30.9 Å². The van der Waals surface area contributed by atoms with Gasteiger partial charge in [0.05, 0.1) is 12.2 Å². The Morgan fingerprint density at radius 2 is 1.90 bits per heavy atom. The topological polar surface area (TPSA) is 80.5 Å². The molecule has 2 atom stereocenters. The van der Waals surface area contributed by atoms with E-state index in [9.17, 15) is 13.2 Å². The number of hydrogen-bond donors (Lipinski definition) is 1. The van der Waals surface area contributed by atoms with E-state index >= 15 is 0 Å². The first kappa shape index (κ1) is 20.3. The molecule has 1 N–H and O–H groups in total. The third kappa shape index (κ3) is 4.30. The van der Waals surface area contributed by atoms with Gasteiger partial charge in [-0.3, -0.25) is 0 Å². The number of alkyl halides is 3. The van der Waals surface area contributed by atoms with E-state index in [4.69, 9.17) is 4.74 Å². The molecule has 30 heavy (non-hydrogen) atoms. The van der Waals surface area contributed by atoms with Crippen molar-refractivity contribution in [2.45, 2.75) is 45.7 Å². The van der Waals surface area contributed by atoms with Crippen LogP contribution in [0.15, 0.2) is 24.4 Å². The molecule has 3 aromatic rings. The summed E-state index contributed by atoms with van der Waals surface area (Å²) in [5, 5.41) is 6.65. The molecule has 4 heterocycles. The summed E-state index contributed by atoms with van der Waals surface area (Å²) in [5.41, 5.74) is 1.42. The van der Waals surface area contributed by atoms with E-state index in [2.05, 4.69) is 30.3 Å². The summed E-state index contributed by atoms with van der Waals surface area (Å²) in [5.74, 6) is -0.0770. The molecule has 1 aliphatic heterocycles. The number of ether oxygens (including phenoxy) is 1. The van der Waals surface area contributed by atoms with Crippen molar-refractivity contribution >= 4 is 17.4 Å². The summed E-state index contributed by atoms with van der Waals surface area (Å²) in [4.78, 5) is 14.2. The fourth-order valence-electron chi connectivity index (χ4n) is 3.50. The van der Waals surface area contributed by atoms with Gasteiger partial charge in [0, 0.05) is 37.6 Å². The lowest BCUT2D eigenvalue weighted by molar-refractivity contribution is -0.144. The highest BCUT2D eigenvalue weighted by atomic mass is 19.4. The Kier molecular flexibility index (Phi) is 5.22. The maximum Gasteiger partial charge on any atom is 0.453 e. The molecule has 1 saturated heterocycles. The van der Waals surface area contributed by atoms with Crippen LogP contribution in [-0.4, -0.2) is 49.9 Å². The van der Waals surface area contributed by atoms with Crippen molar-refractivity contribution in [3.05, 3.63) is 41.5 Å². The number of nitrogens with zero attached hydrogens (tertiary/aromatic N) is 6. The molecule has 0 aromatic carbocycles. The van der Waals surface area contributed by atoms with Gasteiger partial charge in [0.15, 0.2) is 0 Å². The molecule has 4 rings (SSSR count). The zero-order chi connectivity index (χ0) is 21.5. The van der Waals surface area contributed by atoms with Crippen LogP contribution < -0.4 is 10.2 Å². The molecule has 0 amide bonds. The van der Waals surface area contributed by atoms with E-state index < -0.39 is 12.0 Å². The van der Waals surface area contributed by atoms with Gasteiger partial charge < -0.3 is 15.0 Å². The number of pyridine rings is 1. The summed E-state index contributed by atoms with van der Waals surface area (Å²) in [6.45, 7) is 7.67. The van der Waals surface area contributed by atoms with E-state index in [1.54, 1.807) is 19.2 Å². The Morgan fingerprint density at radius 3 is 2.53 bits per heavy atom. The van der Waals surface area contributed by atoms with E-state index in [1.807, 2.05) is 26.0 Å². The predicted octanol–water partition coefficient (Wildman–Crippen LogP) is 3.07. The first-order chi connectivity index (χ1) is 14.2. The molecule has 0 saturated carbocycles. The van der Waals surface area contributed by atoms with Crippen molar-refractivity contribution in [3.8, 4) is 0 Å². The Balaban J connectivity index is 1.49. The molecule has 0 bridgehead atoms. The second-order valence-corrected chi connectivity index (χ2v) is 7.47. The minimum Gasteiger partial charge on any atom is -0.372 e. The van der Waals surface area contributed by atoms with Gasteiger partial charge in [-0.25, -0.2) is 9.97 Å². The quantitative estimate of drug-likeness (QED) is 0.693. The smallest absolute Gasteiger partial charge is 0.372 e. The van der Waals surface area contributed by atoms with Crippen molar-refractivity contribution in [1.29, 1.82) is 0 Å². The van der Waals surface area contributed by atoms with Crippen molar-refractivity contribution in [1.82, 2.24) is 24.6 Å². The van der Waals surface area contributed by atoms with E-state index in [0.29, 0.717) is 18.1 Å². The largest absolute Gasteiger partial charge is 0.453 e. The number of halogens is 3. The van der Waals surface area contributed by atoms with Crippen molar-refractivity contribution in [3.63, 3.8) is 0 Å². The standard InChI is InChI=1S/C19H22F3N7O/c1-11-6-16(29-18(25-11)26-17(27-29)19(20,21)22)24-8-14-4-5-15(23-7-14)28-9-12(2)30-13(3)10-28/h4-7,12-13,24H,8-10H2,1-3H3. The van der Waals surface area contributed by atoms with E-state index in [0.717, 1.165) is 29.0 Å². The molecular formula is C19H22F3N7O. The van der Waals surface area contributed by atoms with E-state index in [1.165, 1.54) is 0 Å². The summed E-state index contributed by atoms with van der Waals surface area (Å²) < 4.78 is 45.6. The van der Waals surface area contributed by atoms with Crippen molar-refractivity contribution in [2.24, 2.45) is 0 Å². The second kappa shape index (κ2) is 7.71. The molecule has 2 unspecified atom stereocenters. The SMILES string of the molecule is Cc1cc(NCc2ccc(N3CC(C)OC(C)C3)nc2)n2nc(C(F)(F)F)nc2n1. The molecule has 1 fully saturated rings. The highest BCUT2D eigenvalue weighted by Crippen LogP contribution is 2.27. The number of rotatable bonds is 4. The highest BCUT2D eigenvalue weighted by molar-refractivity contribution is 5.46. The Hall–Kier alpha value is -2.95. The summed E-state index contributed by atoms with van der Waals surface area (Å²) >= 11 is 0. The lowest BCUT2D eigenvalue weighted by Crippen LogP contribution is -2.45. The molecule has 3 aromatic heterocycles. The number of nitrogens with one attached hydrogen (secondary N) is 1. The fraction of sp³-hybridized carbons (Fsp3) is 0.474. The molecule has 1 aliphatic rings. The second-order valence-electron chi connectivity index (χ2n) is 7.47. The van der Waals surface area contributed by atoms with Crippen LogP contribution in [0.25, 0.3) is 5.78 Å². The van der Waals surface area contributed by atoms with Crippen LogP contribution in [0.5, 0.6) is 0 Å². The highest BCUT2D eigenvalue weighted by Gasteiger charge is 2.36. The number of hydrogen-bond acceptors (Lipinski definition) is 7. The fourth-order valence-corrected chi connectivity index (χ4v) is 3.50. The zero-order valence-corrected chi connectivity index (χ0v) is 16.8. The summed E-state index contributed by atoms with van der Waals surface area (Å²) in [7, 11) is 0. The van der Waals surface area contributed by atoms with Gasteiger partial charge in [-0.05, 0) is 32.4 Å². The van der Waals surface area contributed by atoms with Crippen molar-refractivity contribution in [2.75, 3.05) is 23.3 Å². The lowest BCUT2D eigenvalue weighted by atomic mass is 10.2. The number of anilines is 2. The van der Waals surface area contributed by atoms with Gasteiger partial charge in [0.25, 0.3) is 11.6 Å². The minimum absolute atomic E-state index is 0.103. The maximum absolute atomic E-state index is 12.9. The Labute approximate surface area is 171 Å². The maximum atomic E-state index is 12.9. The minimum atomic E-state index is -4.63. The molecule has 0 aliphatic carbocycles. The van der Waals surface area contributed by atoms with Gasteiger partial charge in [0.1, 0.15) is 11.6 Å². The monoisotopic (exact) mass is 421 g/mol. The Bertz CT molecular complexity index is 1030. The van der Waals surface area contributed by atoms with Crippen LogP contribution >= 0.6 is 0 Å². The average Bonchev–Trinajstić information content (AvgIpc) is 3.10. The van der Waals surface area contributed by atoms with Crippen LogP contribution in [-0.2, 0) is 17.5 Å². The first-order valence-electron chi connectivity index (χ1n) is 9.60. The van der Waals surface area contributed by atoms with Gasteiger partial charge >= 0.3 is 6.18 Å². The third-order valence-corrected chi connectivity index (χ3v) is 4.72. The number of morpholine rings is 1. The molecule has 0 spiro atoms. The van der Waals surface area contributed by atoms with Crippen LogP contribution in [0.3, 0.4) is 0 Å². The third-order valence-electron chi connectivity index (χ3n) is 4.72. The normalized spacial score (nSPS) is 20.0. The van der Waals surface area contributed by atoms with Crippen LogP contribution in [0.2, 0.25) is 0 Å². The van der Waals surface area contributed by atoms with Crippen LogP contribution in [0.4, 0.5) is 24.8 Å². The van der Waals surface area contributed by atoms with Crippen molar-refractivity contribution < 1.29 is 17.9 Å². The summed E-state index contributed by atoms with van der Waals surface area (Å²) in [6.07, 6.45) is -2.61. The van der Waals surface area contributed by atoms with E-state index in [-0.39, 0.29) is 18.0 Å². The average molecular weight is 421 g/mol. The zero-order valence-electron chi connectivity index (χ0n) is 16.8. The first-order valence-corrected chi connectivity index (χ1v) is 9.60. The summed E-state index contributed by atoms with van der Waals surface area (Å²) in [6, 6.07) is 5.50. The number of fused-ring (bicyclic) bond motifs is 1. The number of aromatic nitrogens is 5. The van der Waals surface area contributed by atoms with Gasteiger partial charge in [0.2, 0.25) is 0 Å². The molecule has 8 nitrogen and oxygen atoms in total. The van der Waals surface area contributed by atoms with Crippen LogP contribution in [0, 0.1) is 6.92 Å². The molecule has 0 radical (unpaired) electrons. The van der Waals surface area contributed by atoms with Gasteiger partial charge in [-0.15, -0.1) is 5.10 Å². The lowest BCUT2D eigenvalue weighted by Gasteiger charge is -2.36. The molecule has 160 valence electrons. The predicted molar refractivity (Wildman–Crippen MR) is 104 cm³/mol. The molecular weight excluding hydrogens is 399 g/mol. The van der Waals surface area contributed by atoms with Gasteiger partial charge in [-0.2, -0.15) is 22.7 Å².